The second-order valence-corrected chi connectivity index (χ2v) is 11.0. The first kappa shape index (κ1) is 34.5. The summed E-state index contributed by atoms with van der Waals surface area (Å²) >= 11 is 0. The summed E-state index contributed by atoms with van der Waals surface area (Å²) in [5.41, 5.74) is 23.8. The number of rotatable bonds is 12. The Bertz CT molecular complexity index is 832. The molecule has 41 heavy (non-hydrogen) atoms. The Hall–Kier alpha value is -0.970. The van der Waals surface area contributed by atoms with Gasteiger partial charge >= 0.3 is 0 Å². The Morgan fingerprint density at radius 3 is 2.15 bits per heavy atom. The number of nitrogens with one attached hydrogen (secondary N) is 1. The monoisotopic (exact) mass is 597 g/mol. The Morgan fingerprint density at radius 1 is 0.902 bits per heavy atom. The molecule has 1 saturated carbocycles. The average Bonchev–Trinajstić information content (AvgIpc) is 2.95. The van der Waals surface area contributed by atoms with Crippen LogP contribution in [0.15, 0.2) is 0 Å². The van der Waals surface area contributed by atoms with Crippen molar-refractivity contribution in [2.45, 2.75) is 112 Å². The third kappa shape index (κ3) is 7.76. The fourth-order valence-electron chi connectivity index (χ4n) is 5.50. The second kappa shape index (κ2) is 15.2. The first-order valence-electron chi connectivity index (χ1n) is 13.9. The van der Waals surface area contributed by atoms with Gasteiger partial charge < -0.3 is 82.9 Å². The van der Waals surface area contributed by atoms with Crippen molar-refractivity contribution >= 4 is 5.78 Å². The van der Waals surface area contributed by atoms with Crippen molar-refractivity contribution in [2.75, 3.05) is 26.2 Å². The lowest BCUT2D eigenvalue weighted by atomic mass is 9.76. The number of likely N-dealkylation sites (N-methyl/N-ethyl adjacent to an activating group) is 1. The fourth-order valence-corrected chi connectivity index (χ4v) is 5.50. The smallest absolute Gasteiger partial charge is 0.186 e. The van der Waals surface area contributed by atoms with Crippen LogP contribution < -0.4 is 28.3 Å². The van der Waals surface area contributed by atoms with Crippen molar-refractivity contribution < 1.29 is 59.5 Å². The van der Waals surface area contributed by atoms with Gasteiger partial charge in [0.1, 0.15) is 54.9 Å². The number of ketones is 1. The highest BCUT2D eigenvalue weighted by Crippen LogP contribution is 2.36. The number of ether oxygens (including phenoxy) is 4. The second-order valence-electron chi connectivity index (χ2n) is 11.0. The maximum atomic E-state index is 12.6. The van der Waals surface area contributed by atoms with Crippen molar-refractivity contribution in [2.24, 2.45) is 28.9 Å². The van der Waals surface area contributed by atoms with Gasteiger partial charge in [-0.3, -0.25) is 4.79 Å². The van der Waals surface area contributed by atoms with E-state index in [9.17, 15) is 40.5 Å². The van der Waals surface area contributed by atoms with E-state index in [1.165, 1.54) is 0 Å². The number of aliphatic hydroxyl groups excluding tert-OH is 7. The zero-order valence-electron chi connectivity index (χ0n) is 23.0. The molecule has 17 heteroatoms. The largest absolute Gasteiger partial charge is 0.394 e. The SMILES string of the molecule is CCNC[C@H]1O[C@H](OC2[C@@H](N)C[C@@H](CC(=O)[C@@H](O)CN)[C@H](O[C@H]3O[C@H](CO)[C@@H](O)[C@H](N)[C@H]3O)[C@H]2O)[C@H](N)[C@@H](O)[C@@H]1O. The lowest BCUT2D eigenvalue weighted by Gasteiger charge is -2.49. The molecular formula is C24H47N5O12. The molecule has 16 atom stereocenters. The minimum Gasteiger partial charge on any atom is -0.394 e. The number of Topliss-reactive ketones (excluding diaryl/α,β-unsaturated/α-hetero) is 1. The zero-order chi connectivity index (χ0) is 30.6. The molecule has 0 radical (unpaired) electrons. The molecule has 3 rings (SSSR count). The Morgan fingerprint density at radius 2 is 1.54 bits per heavy atom. The highest BCUT2D eigenvalue weighted by atomic mass is 16.7. The van der Waals surface area contributed by atoms with Crippen LogP contribution in [-0.2, 0) is 23.7 Å². The van der Waals surface area contributed by atoms with Gasteiger partial charge in [0.05, 0.1) is 24.8 Å². The molecule has 0 aromatic carbocycles. The molecule has 0 spiro atoms. The van der Waals surface area contributed by atoms with Crippen molar-refractivity contribution in [3.05, 3.63) is 0 Å². The summed E-state index contributed by atoms with van der Waals surface area (Å²) in [6.45, 7) is 1.62. The maximum absolute atomic E-state index is 12.6. The number of hydrogen-bond acceptors (Lipinski definition) is 17. The van der Waals surface area contributed by atoms with Crippen molar-refractivity contribution in [1.29, 1.82) is 0 Å². The van der Waals surface area contributed by atoms with E-state index in [0.29, 0.717) is 6.54 Å². The molecule has 3 aliphatic rings. The standard InChI is InChI=1S/C24H47N5O12/c1-2-29-6-12-17(34)18(35)15(28)23(38-12)41-22-9(26)3-8(4-10(31)11(32)5-25)21(20(22)37)40-24-19(36)14(27)16(33)13(7-30)39-24/h8-9,11-24,29-30,32-37H,2-7,25-28H2,1H3/t8-,9-,11-,12+,13+,14-,15+,16+,17+,18+,19+,20+,21-,22?,23+,24+/m0/s1. The van der Waals surface area contributed by atoms with E-state index in [1.807, 2.05) is 6.92 Å². The third-order valence-corrected chi connectivity index (χ3v) is 8.06. The van der Waals surface area contributed by atoms with Crippen LogP contribution in [0.25, 0.3) is 0 Å². The third-order valence-electron chi connectivity index (χ3n) is 8.06. The van der Waals surface area contributed by atoms with Crippen LogP contribution >= 0.6 is 0 Å². The fraction of sp³-hybridized carbons (Fsp3) is 0.958. The van der Waals surface area contributed by atoms with E-state index in [-0.39, 0.29) is 25.9 Å². The Labute approximate surface area is 237 Å². The number of aliphatic hydroxyl groups is 7. The van der Waals surface area contributed by atoms with Crippen molar-refractivity contribution in [3.8, 4) is 0 Å². The van der Waals surface area contributed by atoms with Crippen LogP contribution in [0.1, 0.15) is 19.8 Å². The van der Waals surface area contributed by atoms with E-state index in [2.05, 4.69) is 5.32 Å². The molecule has 3 fully saturated rings. The summed E-state index contributed by atoms with van der Waals surface area (Å²) in [4.78, 5) is 12.6. The van der Waals surface area contributed by atoms with E-state index in [0.717, 1.165) is 0 Å². The van der Waals surface area contributed by atoms with Gasteiger partial charge in [-0.25, -0.2) is 0 Å². The summed E-state index contributed by atoms with van der Waals surface area (Å²) < 4.78 is 23.2. The molecule has 17 nitrogen and oxygen atoms in total. The number of carbonyl (C=O) groups excluding carboxylic acids is 1. The molecule has 240 valence electrons. The lowest BCUT2D eigenvalue weighted by molar-refractivity contribution is -0.323. The zero-order valence-corrected chi connectivity index (χ0v) is 23.0. The molecule has 0 aromatic rings. The predicted octanol–water partition coefficient (Wildman–Crippen LogP) is -7.11. The Balaban J connectivity index is 1.84. The molecule has 0 bridgehead atoms. The van der Waals surface area contributed by atoms with Gasteiger partial charge in [0.25, 0.3) is 0 Å². The van der Waals surface area contributed by atoms with E-state index in [4.69, 9.17) is 41.9 Å². The minimum absolute atomic E-state index is 0.0182. The van der Waals surface area contributed by atoms with Gasteiger partial charge in [0.2, 0.25) is 0 Å². The highest BCUT2D eigenvalue weighted by Gasteiger charge is 2.52. The van der Waals surface area contributed by atoms with Crippen LogP contribution in [0.3, 0.4) is 0 Å². The van der Waals surface area contributed by atoms with Crippen LogP contribution in [0.5, 0.6) is 0 Å². The molecule has 2 aliphatic heterocycles. The quantitative estimate of drug-likeness (QED) is 0.0993. The topological polar surface area (TPSA) is 312 Å². The van der Waals surface area contributed by atoms with Crippen LogP contribution in [0.4, 0.5) is 0 Å². The molecule has 1 unspecified atom stereocenters. The predicted molar refractivity (Wildman–Crippen MR) is 139 cm³/mol. The summed E-state index contributed by atoms with van der Waals surface area (Å²) in [6, 6.07) is -3.40. The number of nitrogens with two attached hydrogens (primary N) is 4. The Kier molecular flexibility index (Phi) is 12.8. The summed E-state index contributed by atoms with van der Waals surface area (Å²) in [5.74, 6) is -1.45. The van der Waals surface area contributed by atoms with Crippen molar-refractivity contribution in [1.82, 2.24) is 5.32 Å². The van der Waals surface area contributed by atoms with Gasteiger partial charge in [-0.05, 0) is 18.9 Å². The first-order chi connectivity index (χ1) is 19.4. The first-order valence-corrected chi connectivity index (χ1v) is 13.9. The van der Waals surface area contributed by atoms with Gasteiger partial charge in [0, 0.05) is 25.6 Å². The van der Waals surface area contributed by atoms with Crippen LogP contribution in [0, 0.1) is 5.92 Å². The number of hydrogen-bond donors (Lipinski definition) is 12. The van der Waals surface area contributed by atoms with Crippen LogP contribution in [-0.4, -0.2) is 160 Å². The lowest BCUT2D eigenvalue weighted by Crippen LogP contribution is -2.67. The van der Waals surface area contributed by atoms with Crippen molar-refractivity contribution in [3.63, 3.8) is 0 Å². The molecular weight excluding hydrogens is 550 g/mol. The molecule has 2 heterocycles. The summed E-state index contributed by atoms with van der Waals surface area (Å²) in [6.07, 6.45) is -16.5. The summed E-state index contributed by atoms with van der Waals surface area (Å²) in [5, 5.41) is 75.7. The maximum Gasteiger partial charge on any atom is 0.186 e. The van der Waals surface area contributed by atoms with Gasteiger partial charge in [-0.1, -0.05) is 6.92 Å². The van der Waals surface area contributed by atoms with Crippen LogP contribution in [0.2, 0.25) is 0 Å². The van der Waals surface area contributed by atoms with Gasteiger partial charge in [0.15, 0.2) is 18.4 Å². The highest BCUT2D eigenvalue weighted by molar-refractivity contribution is 5.83. The van der Waals surface area contributed by atoms with E-state index < -0.39 is 110 Å². The van der Waals surface area contributed by atoms with Gasteiger partial charge in [-0.15, -0.1) is 0 Å². The molecule has 0 aromatic heterocycles. The summed E-state index contributed by atoms with van der Waals surface area (Å²) in [7, 11) is 0. The normalized spacial score (nSPS) is 46.3. The molecule has 2 saturated heterocycles. The minimum atomic E-state index is -1.59. The molecule has 1 aliphatic carbocycles. The van der Waals surface area contributed by atoms with E-state index >= 15 is 0 Å². The number of carbonyl (C=O) groups is 1. The average molecular weight is 598 g/mol. The van der Waals surface area contributed by atoms with Gasteiger partial charge in [-0.2, -0.15) is 0 Å². The molecule has 16 N–H and O–H groups in total. The van der Waals surface area contributed by atoms with E-state index in [1.54, 1.807) is 0 Å². The molecule has 0 amide bonds.